The largest absolute Gasteiger partial charge is 0.495 e. The molecule has 0 aromatic heterocycles. The number of thiocarbonyl (C=S) groups is 1. The van der Waals surface area contributed by atoms with Crippen LogP contribution in [0.1, 0.15) is 19.8 Å². The highest BCUT2D eigenvalue weighted by molar-refractivity contribution is 7.89. The van der Waals surface area contributed by atoms with Gasteiger partial charge in [-0.05, 0) is 43.9 Å². The summed E-state index contributed by atoms with van der Waals surface area (Å²) >= 11 is 5.29. The van der Waals surface area contributed by atoms with Crippen LogP contribution in [0.4, 0.5) is 5.69 Å². The first-order valence-electron chi connectivity index (χ1n) is 8.80. The minimum absolute atomic E-state index is 0.238. The average Bonchev–Trinajstić information content (AvgIpc) is 2.62. The van der Waals surface area contributed by atoms with Crippen molar-refractivity contribution < 1.29 is 13.2 Å². The molecule has 9 heteroatoms. The van der Waals surface area contributed by atoms with Crippen molar-refractivity contribution in [3.8, 4) is 5.75 Å². The summed E-state index contributed by atoms with van der Waals surface area (Å²) in [6, 6.07) is 4.81. The molecule has 1 aromatic rings. The standard InChI is InChI=1S/C17H28N4O3S2/c1-4-5-8-18-17(25)19-15-13-14(6-7-16(15)24-3)26(22,23)21-11-9-20(2)10-12-21/h6-7,13H,4-5,8-12H2,1-3H3,(H2,18,19,25). The van der Waals surface area contributed by atoms with Crippen LogP contribution >= 0.6 is 12.2 Å². The normalized spacial score (nSPS) is 16.3. The van der Waals surface area contributed by atoms with Crippen LogP contribution in [-0.4, -0.2) is 69.6 Å². The summed E-state index contributed by atoms with van der Waals surface area (Å²) in [6.07, 6.45) is 2.08. The minimum Gasteiger partial charge on any atom is -0.495 e. The molecule has 26 heavy (non-hydrogen) atoms. The number of ether oxygens (including phenoxy) is 1. The number of piperazine rings is 1. The summed E-state index contributed by atoms with van der Waals surface area (Å²) in [5.74, 6) is 0.543. The van der Waals surface area contributed by atoms with Crippen molar-refractivity contribution in [1.82, 2.24) is 14.5 Å². The molecule has 1 fully saturated rings. The lowest BCUT2D eigenvalue weighted by atomic mass is 10.3. The highest BCUT2D eigenvalue weighted by atomic mass is 32.2. The SMILES string of the molecule is CCCCNC(=S)Nc1cc(S(=O)(=O)N2CCN(C)CC2)ccc1OC. The van der Waals surface area contributed by atoms with Gasteiger partial charge in [0, 0.05) is 32.7 Å². The van der Waals surface area contributed by atoms with E-state index in [2.05, 4.69) is 22.5 Å². The lowest BCUT2D eigenvalue weighted by Gasteiger charge is -2.31. The van der Waals surface area contributed by atoms with Gasteiger partial charge in [-0.25, -0.2) is 8.42 Å². The first kappa shape index (κ1) is 20.9. The molecule has 0 aliphatic carbocycles. The van der Waals surface area contributed by atoms with E-state index >= 15 is 0 Å². The molecular weight excluding hydrogens is 372 g/mol. The molecule has 7 nitrogen and oxygen atoms in total. The molecule has 1 aromatic carbocycles. The number of nitrogens with zero attached hydrogens (tertiary/aromatic N) is 2. The van der Waals surface area contributed by atoms with E-state index in [0.717, 1.165) is 32.5 Å². The third-order valence-corrected chi connectivity index (χ3v) is 6.48. The van der Waals surface area contributed by atoms with Crippen molar-refractivity contribution in [2.75, 3.05) is 52.2 Å². The Morgan fingerprint density at radius 1 is 1.27 bits per heavy atom. The zero-order chi connectivity index (χ0) is 19.2. The van der Waals surface area contributed by atoms with Gasteiger partial charge >= 0.3 is 0 Å². The smallest absolute Gasteiger partial charge is 0.243 e. The number of hydrogen-bond acceptors (Lipinski definition) is 5. The molecule has 2 N–H and O–H groups in total. The van der Waals surface area contributed by atoms with Crippen molar-refractivity contribution in [2.24, 2.45) is 0 Å². The van der Waals surface area contributed by atoms with Crippen molar-refractivity contribution >= 4 is 33.0 Å². The van der Waals surface area contributed by atoms with Gasteiger partial charge in [-0.15, -0.1) is 0 Å². The van der Waals surface area contributed by atoms with Crippen LogP contribution in [0.5, 0.6) is 5.75 Å². The Morgan fingerprint density at radius 3 is 2.58 bits per heavy atom. The van der Waals surface area contributed by atoms with Gasteiger partial charge in [-0.2, -0.15) is 4.31 Å². The second kappa shape index (κ2) is 9.50. The van der Waals surface area contributed by atoms with Crippen LogP contribution in [0, 0.1) is 0 Å². The van der Waals surface area contributed by atoms with Gasteiger partial charge in [-0.1, -0.05) is 13.3 Å². The van der Waals surface area contributed by atoms with Gasteiger partial charge in [-0.3, -0.25) is 0 Å². The van der Waals surface area contributed by atoms with E-state index < -0.39 is 10.0 Å². The molecule has 146 valence electrons. The first-order chi connectivity index (χ1) is 12.4. The van der Waals surface area contributed by atoms with E-state index in [1.807, 2.05) is 7.05 Å². The number of hydrogen-bond donors (Lipinski definition) is 2. The maximum Gasteiger partial charge on any atom is 0.243 e. The molecule has 1 saturated heterocycles. The second-order valence-corrected chi connectivity index (χ2v) is 8.65. The zero-order valence-corrected chi connectivity index (χ0v) is 17.3. The van der Waals surface area contributed by atoms with Crippen LogP contribution in [0.2, 0.25) is 0 Å². The Kier molecular flexibility index (Phi) is 7.63. The molecule has 1 aliphatic rings. The van der Waals surface area contributed by atoms with Crippen LogP contribution in [0.15, 0.2) is 23.1 Å². The molecule has 0 saturated carbocycles. The average molecular weight is 401 g/mol. The number of nitrogens with one attached hydrogen (secondary N) is 2. The molecule has 0 unspecified atom stereocenters. The minimum atomic E-state index is -3.54. The van der Waals surface area contributed by atoms with Gasteiger partial charge < -0.3 is 20.3 Å². The molecular formula is C17H28N4O3S2. The summed E-state index contributed by atoms with van der Waals surface area (Å²) in [6.45, 7) is 5.31. The Hall–Kier alpha value is -1.42. The van der Waals surface area contributed by atoms with Crippen LogP contribution in [0.3, 0.4) is 0 Å². The Balaban J connectivity index is 2.18. The number of unbranched alkanes of at least 4 members (excludes halogenated alkanes) is 1. The topological polar surface area (TPSA) is 73.9 Å². The fourth-order valence-electron chi connectivity index (χ4n) is 2.67. The summed E-state index contributed by atoms with van der Waals surface area (Å²) in [5, 5.41) is 6.61. The predicted molar refractivity (Wildman–Crippen MR) is 108 cm³/mol. The third-order valence-electron chi connectivity index (χ3n) is 4.34. The van der Waals surface area contributed by atoms with E-state index in [-0.39, 0.29) is 4.90 Å². The predicted octanol–water partition coefficient (Wildman–Crippen LogP) is 1.72. The number of sulfonamides is 1. The quantitative estimate of drug-likeness (QED) is 0.533. The van der Waals surface area contributed by atoms with Crippen molar-refractivity contribution in [3.05, 3.63) is 18.2 Å². The monoisotopic (exact) mass is 400 g/mol. The zero-order valence-electron chi connectivity index (χ0n) is 15.6. The van der Waals surface area contributed by atoms with Crippen LogP contribution in [-0.2, 0) is 10.0 Å². The number of anilines is 1. The summed E-state index contributed by atoms with van der Waals surface area (Å²) < 4.78 is 32.7. The lowest BCUT2D eigenvalue weighted by molar-refractivity contribution is 0.222. The molecule has 0 spiro atoms. The number of likely N-dealkylation sites (N-methyl/N-ethyl adjacent to an activating group) is 1. The molecule has 2 rings (SSSR count). The van der Waals surface area contributed by atoms with Crippen molar-refractivity contribution in [3.63, 3.8) is 0 Å². The molecule has 0 amide bonds. The third kappa shape index (κ3) is 5.29. The number of methoxy groups -OCH3 is 1. The maximum absolute atomic E-state index is 12.9. The molecule has 0 bridgehead atoms. The van der Waals surface area contributed by atoms with E-state index in [4.69, 9.17) is 17.0 Å². The Bertz CT molecular complexity index is 717. The van der Waals surface area contributed by atoms with Crippen molar-refractivity contribution in [1.29, 1.82) is 0 Å². The lowest BCUT2D eigenvalue weighted by Crippen LogP contribution is -2.47. The van der Waals surface area contributed by atoms with E-state index in [1.165, 1.54) is 4.31 Å². The first-order valence-corrected chi connectivity index (χ1v) is 10.6. The summed E-state index contributed by atoms with van der Waals surface area (Å²) in [5.41, 5.74) is 0.539. The van der Waals surface area contributed by atoms with Crippen LogP contribution < -0.4 is 15.4 Å². The van der Waals surface area contributed by atoms with E-state index in [9.17, 15) is 8.42 Å². The van der Waals surface area contributed by atoms with Gasteiger partial charge in [0.15, 0.2) is 5.11 Å². The van der Waals surface area contributed by atoms with E-state index in [0.29, 0.717) is 29.6 Å². The van der Waals surface area contributed by atoms with Crippen molar-refractivity contribution in [2.45, 2.75) is 24.7 Å². The second-order valence-electron chi connectivity index (χ2n) is 6.30. The fraction of sp³-hybridized carbons (Fsp3) is 0.588. The Labute approximate surface area is 161 Å². The summed E-state index contributed by atoms with van der Waals surface area (Å²) in [7, 11) is -0.00592. The highest BCUT2D eigenvalue weighted by Gasteiger charge is 2.28. The molecule has 0 radical (unpaired) electrons. The summed E-state index contributed by atoms with van der Waals surface area (Å²) in [4.78, 5) is 2.36. The maximum atomic E-state index is 12.9. The van der Waals surface area contributed by atoms with Gasteiger partial charge in [0.1, 0.15) is 5.75 Å². The van der Waals surface area contributed by atoms with Gasteiger partial charge in [0.05, 0.1) is 17.7 Å². The number of rotatable bonds is 7. The van der Waals surface area contributed by atoms with Gasteiger partial charge in [0.25, 0.3) is 0 Å². The number of benzene rings is 1. The molecule has 1 heterocycles. The molecule has 0 atom stereocenters. The highest BCUT2D eigenvalue weighted by Crippen LogP contribution is 2.29. The van der Waals surface area contributed by atoms with Gasteiger partial charge in [0.2, 0.25) is 10.0 Å². The molecule has 1 aliphatic heterocycles. The fourth-order valence-corrected chi connectivity index (χ4v) is 4.33. The van der Waals surface area contributed by atoms with E-state index in [1.54, 1.807) is 25.3 Å². The Morgan fingerprint density at radius 2 is 1.96 bits per heavy atom. The van der Waals surface area contributed by atoms with Crippen LogP contribution in [0.25, 0.3) is 0 Å².